The van der Waals surface area contributed by atoms with Gasteiger partial charge in [-0.1, -0.05) is 0 Å². The van der Waals surface area contributed by atoms with Crippen molar-refractivity contribution in [3.8, 4) is 5.75 Å². The molecule has 35 heavy (non-hydrogen) atoms. The van der Waals surface area contributed by atoms with Crippen LogP contribution in [-0.2, 0) is 4.74 Å². The predicted molar refractivity (Wildman–Crippen MR) is 132 cm³/mol. The Morgan fingerprint density at radius 1 is 1.11 bits per heavy atom. The van der Waals surface area contributed by atoms with Crippen LogP contribution in [0.3, 0.4) is 0 Å². The molecule has 0 aliphatic carbocycles. The van der Waals surface area contributed by atoms with E-state index in [4.69, 9.17) is 9.47 Å². The zero-order valence-corrected chi connectivity index (χ0v) is 21.7. The van der Waals surface area contributed by atoms with Crippen molar-refractivity contribution in [1.29, 1.82) is 0 Å². The number of alkyl halides is 2. The Balaban J connectivity index is 2.02. The van der Waals surface area contributed by atoms with Crippen molar-refractivity contribution in [2.24, 2.45) is 0 Å². The first-order valence-electron chi connectivity index (χ1n) is 10.7. The van der Waals surface area contributed by atoms with Gasteiger partial charge in [-0.3, -0.25) is 5.32 Å². The van der Waals surface area contributed by atoms with Crippen molar-refractivity contribution in [2.75, 3.05) is 17.7 Å². The summed E-state index contributed by atoms with van der Waals surface area (Å²) in [6.07, 6.45) is -3.93. The number of amides is 1. The second kappa shape index (κ2) is 10.3. The zero-order chi connectivity index (χ0) is 26.1. The van der Waals surface area contributed by atoms with Gasteiger partial charge in [0.25, 0.3) is 6.43 Å². The lowest BCUT2D eigenvalue weighted by Crippen LogP contribution is -2.27. The molecule has 0 aliphatic rings. The number of halogens is 4. The summed E-state index contributed by atoms with van der Waals surface area (Å²) in [4.78, 5) is 21.0. The molecule has 0 radical (unpaired) electrons. The van der Waals surface area contributed by atoms with Gasteiger partial charge < -0.3 is 14.8 Å². The highest BCUT2D eigenvalue weighted by molar-refractivity contribution is 9.10. The van der Waals surface area contributed by atoms with Crippen molar-refractivity contribution in [3.63, 3.8) is 0 Å². The quantitative estimate of drug-likeness (QED) is 0.332. The molecule has 7 nitrogen and oxygen atoms in total. The maximum absolute atomic E-state index is 15.1. The monoisotopic (exact) mass is 554 g/mol. The molecule has 1 amide bonds. The van der Waals surface area contributed by atoms with E-state index in [1.54, 1.807) is 46.8 Å². The molecule has 188 valence electrons. The first-order valence-corrected chi connectivity index (χ1v) is 11.5. The van der Waals surface area contributed by atoms with Crippen molar-refractivity contribution < 1.29 is 27.4 Å². The lowest BCUT2D eigenvalue weighted by molar-refractivity contribution is 0.0635. The molecule has 1 atom stereocenters. The van der Waals surface area contributed by atoms with E-state index in [0.29, 0.717) is 32.8 Å². The van der Waals surface area contributed by atoms with Gasteiger partial charge in [0.15, 0.2) is 0 Å². The first-order chi connectivity index (χ1) is 16.3. The van der Waals surface area contributed by atoms with Crippen LogP contribution in [0.25, 0.3) is 10.9 Å². The molecule has 0 fully saturated rings. The fourth-order valence-electron chi connectivity index (χ4n) is 3.43. The lowest BCUT2D eigenvalue weighted by atomic mass is 10.0. The molecule has 11 heteroatoms. The highest BCUT2D eigenvalue weighted by Gasteiger charge is 2.24. The highest BCUT2D eigenvalue weighted by Crippen LogP contribution is 2.36. The summed E-state index contributed by atoms with van der Waals surface area (Å²) in [5, 5.41) is 6.11. The molecular weight excluding hydrogens is 529 g/mol. The van der Waals surface area contributed by atoms with Crippen LogP contribution in [0, 0.1) is 12.7 Å². The van der Waals surface area contributed by atoms with Gasteiger partial charge in [0, 0.05) is 22.7 Å². The van der Waals surface area contributed by atoms with E-state index in [-0.39, 0.29) is 11.3 Å². The minimum absolute atomic E-state index is 0.0178. The number of fused-ring (bicyclic) bond motifs is 1. The SMILES string of the molecule is COc1cc2nc(C)nc(NC(C)c3cc(NC(=O)OC(C)(C)C)cc(C(F)F)c3F)c2cc1Br. The standard InChI is InChI=1S/C24H26BrF3N4O3/c1-11(29-22-15-9-17(25)19(34-6)10-18(15)30-12(2)31-22)14-7-13(8-16(20(14)26)21(27)28)32-23(33)35-24(3,4)5/h7-11,21H,1-6H3,(H,32,33)(H,29,30,31). The number of hydrogen-bond donors (Lipinski definition) is 2. The molecule has 3 aromatic rings. The molecule has 1 unspecified atom stereocenters. The van der Waals surface area contributed by atoms with Gasteiger partial charge in [0.1, 0.15) is 28.8 Å². The second-order valence-electron chi connectivity index (χ2n) is 8.89. The third-order valence-corrected chi connectivity index (χ3v) is 5.53. The number of benzene rings is 2. The van der Waals surface area contributed by atoms with Gasteiger partial charge in [-0.15, -0.1) is 0 Å². The number of anilines is 2. The minimum atomic E-state index is -3.09. The Hall–Kier alpha value is -3.08. The van der Waals surface area contributed by atoms with Crippen LogP contribution < -0.4 is 15.4 Å². The Labute approximate surface area is 209 Å². The van der Waals surface area contributed by atoms with Crippen LogP contribution >= 0.6 is 15.9 Å². The van der Waals surface area contributed by atoms with Gasteiger partial charge in [-0.25, -0.2) is 27.9 Å². The molecule has 1 heterocycles. The van der Waals surface area contributed by atoms with Crippen LogP contribution in [0.2, 0.25) is 0 Å². The van der Waals surface area contributed by atoms with Gasteiger partial charge >= 0.3 is 6.09 Å². The van der Waals surface area contributed by atoms with E-state index in [1.807, 2.05) is 0 Å². The lowest BCUT2D eigenvalue weighted by Gasteiger charge is -2.22. The number of carbonyl (C=O) groups excluding carboxylic acids is 1. The highest BCUT2D eigenvalue weighted by atomic mass is 79.9. The number of carbonyl (C=O) groups is 1. The Morgan fingerprint density at radius 3 is 2.37 bits per heavy atom. The molecular formula is C24H26BrF3N4O3. The summed E-state index contributed by atoms with van der Waals surface area (Å²) >= 11 is 3.43. The first kappa shape index (κ1) is 26.5. The average molecular weight is 555 g/mol. The van der Waals surface area contributed by atoms with Crippen molar-refractivity contribution in [3.05, 3.63) is 51.5 Å². The topological polar surface area (TPSA) is 85.4 Å². The second-order valence-corrected chi connectivity index (χ2v) is 9.74. The van der Waals surface area contributed by atoms with Crippen molar-refractivity contribution >= 4 is 44.4 Å². The Bertz CT molecular complexity index is 1270. The molecule has 0 saturated heterocycles. The molecule has 0 spiro atoms. The number of aromatic nitrogens is 2. The van der Waals surface area contributed by atoms with E-state index in [0.717, 1.165) is 6.07 Å². The number of ether oxygens (including phenoxy) is 2. The number of nitrogens with zero attached hydrogens (tertiary/aromatic N) is 2. The van der Waals surface area contributed by atoms with E-state index < -0.39 is 35.5 Å². The average Bonchev–Trinajstić information content (AvgIpc) is 2.73. The summed E-state index contributed by atoms with van der Waals surface area (Å²) in [6.45, 7) is 8.31. The van der Waals surface area contributed by atoms with Crippen LogP contribution in [0.15, 0.2) is 28.7 Å². The smallest absolute Gasteiger partial charge is 0.412 e. The number of nitrogens with one attached hydrogen (secondary N) is 2. The van der Waals surface area contributed by atoms with E-state index in [9.17, 15) is 13.6 Å². The summed E-state index contributed by atoms with van der Waals surface area (Å²) in [5.74, 6) is 0.327. The molecule has 0 aliphatic heterocycles. The van der Waals surface area contributed by atoms with E-state index in [2.05, 4.69) is 36.5 Å². The zero-order valence-electron chi connectivity index (χ0n) is 20.1. The van der Waals surface area contributed by atoms with E-state index >= 15 is 4.39 Å². The van der Waals surface area contributed by atoms with E-state index in [1.165, 1.54) is 13.2 Å². The third-order valence-electron chi connectivity index (χ3n) is 4.91. The van der Waals surface area contributed by atoms with Gasteiger partial charge in [-0.05, 0) is 68.7 Å². The van der Waals surface area contributed by atoms with Gasteiger partial charge in [-0.2, -0.15) is 0 Å². The van der Waals surface area contributed by atoms with Gasteiger partial charge in [0.2, 0.25) is 0 Å². The predicted octanol–water partition coefficient (Wildman–Crippen LogP) is 7.31. The minimum Gasteiger partial charge on any atom is -0.495 e. The van der Waals surface area contributed by atoms with Crippen molar-refractivity contribution in [1.82, 2.24) is 9.97 Å². The molecule has 3 rings (SSSR count). The largest absolute Gasteiger partial charge is 0.495 e. The van der Waals surface area contributed by atoms with Crippen LogP contribution in [0.5, 0.6) is 5.75 Å². The van der Waals surface area contributed by atoms with Crippen molar-refractivity contribution in [2.45, 2.75) is 52.7 Å². The number of hydrogen-bond acceptors (Lipinski definition) is 6. The summed E-state index contributed by atoms with van der Waals surface area (Å²) in [5.41, 5.74) is -1.14. The molecule has 2 aromatic carbocycles. The normalized spacial score (nSPS) is 12.5. The molecule has 2 N–H and O–H groups in total. The number of rotatable bonds is 6. The maximum atomic E-state index is 15.1. The fraction of sp³-hybridized carbons (Fsp3) is 0.375. The number of aryl methyl sites for hydroxylation is 1. The third kappa shape index (κ3) is 6.33. The maximum Gasteiger partial charge on any atom is 0.412 e. The summed E-state index contributed by atoms with van der Waals surface area (Å²) < 4.78 is 53.5. The fourth-order valence-corrected chi connectivity index (χ4v) is 3.94. The summed E-state index contributed by atoms with van der Waals surface area (Å²) in [7, 11) is 1.53. The molecule has 0 bridgehead atoms. The summed E-state index contributed by atoms with van der Waals surface area (Å²) in [6, 6.07) is 4.87. The van der Waals surface area contributed by atoms with Crippen LogP contribution in [-0.4, -0.2) is 28.8 Å². The molecule has 1 aromatic heterocycles. The van der Waals surface area contributed by atoms with Crippen LogP contribution in [0.4, 0.5) is 29.5 Å². The Morgan fingerprint density at radius 2 is 1.77 bits per heavy atom. The van der Waals surface area contributed by atoms with Crippen LogP contribution in [0.1, 0.15) is 57.1 Å². The Kier molecular flexibility index (Phi) is 7.78. The molecule has 0 saturated carbocycles. The number of methoxy groups -OCH3 is 1. The van der Waals surface area contributed by atoms with Gasteiger partial charge in [0.05, 0.1) is 28.7 Å².